The van der Waals surface area contributed by atoms with Crippen molar-refractivity contribution >= 4 is 5.91 Å². The molecule has 0 unspecified atom stereocenters. The standard InChI is InChI=1S/C10H17N3O/c1-12(2)6-3-4-7-13-8-5-9(11)10(13)14/h9H,5-8,11H2,1-2H3/t9-/m0/s1. The van der Waals surface area contributed by atoms with E-state index in [1.165, 1.54) is 0 Å². The van der Waals surface area contributed by atoms with Crippen LogP contribution in [-0.4, -0.2) is 55.5 Å². The molecule has 1 amide bonds. The van der Waals surface area contributed by atoms with Crippen LogP contribution < -0.4 is 5.73 Å². The number of rotatable bonds is 2. The van der Waals surface area contributed by atoms with E-state index < -0.39 is 0 Å². The van der Waals surface area contributed by atoms with Gasteiger partial charge in [-0.2, -0.15) is 0 Å². The van der Waals surface area contributed by atoms with E-state index in [4.69, 9.17) is 5.73 Å². The van der Waals surface area contributed by atoms with Crippen molar-refractivity contribution in [2.24, 2.45) is 5.73 Å². The Labute approximate surface area is 85.0 Å². The zero-order valence-corrected chi connectivity index (χ0v) is 8.79. The average Bonchev–Trinajstić information content (AvgIpc) is 2.43. The van der Waals surface area contributed by atoms with Crippen molar-refractivity contribution in [1.29, 1.82) is 0 Å². The molecule has 1 saturated heterocycles. The number of nitrogens with zero attached hydrogens (tertiary/aromatic N) is 2. The van der Waals surface area contributed by atoms with Crippen LogP contribution in [0.15, 0.2) is 0 Å². The third kappa shape index (κ3) is 3.02. The normalized spacial score (nSPS) is 21.3. The summed E-state index contributed by atoms with van der Waals surface area (Å²) in [5.41, 5.74) is 5.57. The van der Waals surface area contributed by atoms with Gasteiger partial charge in [0.15, 0.2) is 0 Å². The predicted octanol–water partition coefficient (Wildman–Crippen LogP) is -0.889. The van der Waals surface area contributed by atoms with Gasteiger partial charge >= 0.3 is 0 Å². The number of carbonyl (C=O) groups excluding carboxylic acids is 1. The molecule has 0 saturated carbocycles. The second-order valence-corrected chi connectivity index (χ2v) is 3.75. The minimum atomic E-state index is -0.300. The summed E-state index contributed by atoms with van der Waals surface area (Å²) in [5.74, 6) is 5.99. The van der Waals surface area contributed by atoms with Crippen LogP contribution in [0.5, 0.6) is 0 Å². The molecular weight excluding hydrogens is 178 g/mol. The Morgan fingerprint density at radius 3 is 2.79 bits per heavy atom. The molecule has 1 atom stereocenters. The molecule has 1 fully saturated rings. The largest absolute Gasteiger partial charge is 0.330 e. The van der Waals surface area contributed by atoms with E-state index >= 15 is 0 Å². The first-order valence-corrected chi connectivity index (χ1v) is 4.76. The topological polar surface area (TPSA) is 49.6 Å². The van der Waals surface area contributed by atoms with Crippen LogP contribution in [0.25, 0.3) is 0 Å². The van der Waals surface area contributed by atoms with Crippen molar-refractivity contribution < 1.29 is 4.79 Å². The summed E-state index contributed by atoms with van der Waals surface area (Å²) >= 11 is 0. The molecule has 0 aliphatic carbocycles. The lowest BCUT2D eigenvalue weighted by molar-refractivity contribution is -0.128. The minimum Gasteiger partial charge on any atom is -0.330 e. The molecule has 1 aliphatic heterocycles. The van der Waals surface area contributed by atoms with Crippen LogP contribution in [0.1, 0.15) is 6.42 Å². The smallest absolute Gasteiger partial charge is 0.240 e. The van der Waals surface area contributed by atoms with Crippen molar-refractivity contribution in [3.8, 4) is 11.8 Å². The van der Waals surface area contributed by atoms with Gasteiger partial charge in [0.1, 0.15) is 0 Å². The van der Waals surface area contributed by atoms with Crippen LogP contribution in [0.3, 0.4) is 0 Å². The maximum absolute atomic E-state index is 11.4. The zero-order chi connectivity index (χ0) is 10.6. The van der Waals surface area contributed by atoms with Gasteiger partial charge in [0.2, 0.25) is 5.91 Å². The van der Waals surface area contributed by atoms with Gasteiger partial charge < -0.3 is 10.6 Å². The molecule has 78 valence electrons. The summed E-state index contributed by atoms with van der Waals surface area (Å²) in [6, 6.07) is -0.300. The van der Waals surface area contributed by atoms with Crippen LogP contribution in [0.2, 0.25) is 0 Å². The van der Waals surface area contributed by atoms with Gasteiger partial charge in [-0.1, -0.05) is 11.8 Å². The van der Waals surface area contributed by atoms with E-state index in [0.29, 0.717) is 6.54 Å². The predicted molar refractivity (Wildman–Crippen MR) is 55.5 cm³/mol. The highest BCUT2D eigenvalue weighted by Gasteiger charge is 2.27. The summed E-state index contributed by atoms with van der Waals surface area (Å²) in [5, 5.41) is 0. The SMILES string of the molecule is CN(C)CC#CCN1CC[C@H](N)C1=O. The van der Waals surface area contributed by atoms with E-state index in [9.17, 15) is 4.79 Å². The van der Waals surface area contributed by atoms with E-state index in [2.05, 4.69) is 11.8 Å². The third-order valence-electron chi connectivity index (χ3n) is 2.13. The van der Waals surface area contributed by atoms with Gasteiger partial charge in [-0.25, -0.2) is 0 Å². The summed E-state index contributed by atoms with van der Waals surface area (Å²) in [4.78, 5) is 15.1. The fourth-order valence-corrected chi connectivity index (χ4v) is 1.29. The molecule has 14 heavy (non-hydrogen) atoms. The number of amides is 1. The van der Waals surface area contributed by atoms with Gasteiger partial charge in [0.25, 0.3) is 0 Å². The maximum atomic E-state index is 11.4. The fraction of sp³-hybridized carbons (Fsp3) is 0.700. The van der Waals surface area contributed by atoms with Gasteiger partial charge in [0.05, 0.1) is 19.1 Å². The number of hydrogen-bond donors (Lipinski definition) is 1. The molecule has 1 rings (SSSR count). The molecular formula is C10H17N3O. The zero-order valence-electron chi connectivity index (χ0n) is 8.79. The fourth-order valence-electron chi connectivity index (χ4n) is 1.29. The van der Waals surface area contributed by atoms with E-state index in [1.807, 2.05) is 19.0 Å². The molecule has 0 aromatic rings. The first-order valence-electron chi connectivity index (χ1n) is 4.76. The Bertz CT molecular complexity index is 264. The summed E-state index contributed by atoms with van der Waals surface area (Å²) in [6.07, 6.45) is 0.758. The van der Waals surface area contributed by atoms with Gasteiger partial charge in [-0.3, -0.25) is 9.69 Å². The Kier molecular flexibility index (Phi) is 3.93. The molecule has 0 spiro atoms. The molecule has 0 bridgehead atoms. The summed E-state index contributed by atoms with van der Waals surface area (Å²) in [6.45, 7) is 1.99. The average molecular weight is 195 g/mol. The van der Waals surface area contributed by atoms with Crippen molar-refractivity contribution in [2.75, 3.05) is 33.7 Å². The molecule has 1 aliphatic rings. The first-order chi connectivity index (χ1) is 6.61. The molecule has 1 heterocycles. The second kappa shape index (κ2) is 4.99. The van der Waals surface area contributed by atoms with E-state index in [-0.39, 0.29) is 11.9 Å². The molecule has 4 nitrogen and oxygen atoms in total. The molecule has 0 aromatic carbocycles. The van der Waals surface area contributed by atoms with Crippen LogP contribution in [0.4, 0.5) is 0 Å². The van der Waals surface area contributed by atoms with E-state index in [1.54, 1.807) is 4.90 Å². The third-order valence-corrected chi connectivity index (χ3v) is 2.13. The van der Waals surface area contributed by atoms with E-state index in [0.717, 1.165) is 19.5 Å². The second-order valence-electron chi connectivity index (χ2n) is 3.75. The molecule has 4 heteroatoms. The van der Waals surface area contributed by atoms with Crippen molar-refractivity contribution in [1.82, 2.24) is 9.80 Å². The highest BCUT2D eigenvalue weighted by atomic mass is 16.2. The van der Waals surface area contributed by atoms with Crippen molar-refractivity contribution in [3.63, 3.8) is 0 Å². The number of likely N-dealkylation sites (tertiary alicyclic amines) is 1. The van der Waals surface area contributed by atoms with Crippen LogP contribution in [-0.2, 0) is 4.79 Å². The monoisotopic (exact) mass is 195 g/mol. The molecule has 0 radical (unpaired) electrons. The Morgan fingerprint density at radius 2 is 2.29 bits per heavy atom. The first kappa shape index (κ1) is 11.0. The van der Waals surface area contributed by atoms with Gasteiger partial charge in [-0.05, 0) is 20.5 Å². The Morgan fingerprint density at radius 1 is 1.57 bits per heavy atom. The van der Waals surface area contributed by atoms with Gasteiger partial charge in [-0.15, -0.1) is 0 Å². The lowest BCUT2D eigenvalue weighted by Gasteiger charge is -2.11. The van der Waals surface area contributed by atoms with Crippen molar-refractivity contribution in [3.05, 3.63) is 0 Å². The number of hydrogen-bond acceptors (Lipinski definition) is 3. The van der Waals surface area contributed by atoms with Crippen LogP contribution >= 0.6 is 0 Å². The summed E-state index contributed by atoms with van der Waals surface area (Å²) < 4.78 is 0. The lowest BCUT2D eigenvalue weighted by Crippen LogP contribution is -2.34. The number of nitrogens with two attached hydrogens (primary N) is 1. The highest BCUT2D eigenvalue weighted by molar-refractivity contribution is 5.83. The van der Waals surface area contributed by atoms with Gasteiger partial charge in [0, 0.05) is 6.54 Å². The number of carbonyl (C=O) groups is 1. The van der Waals surface area contributed by atoms with Crippen LogP contribution in [0, 0.1) is 11.8 Å². The maximum Gasteiger partial charge on any atom is 0.240 e. The lowest BCUT2D eigenvalue weighted by atomic mass is 10.3. The quantitative estimate of drug-likeness (QED) is 0.582. The minimum absolute atomic E-state index is 0.0316. The Hall–Kier alpha value is -1.05. The molecule has 0 aromatic heterocycles. The Balaban J connectivity index is 2.31. The van der Waals surface area contributed by atoms with Crippen molar-refractivity contribution in [2.45, 2.75) is 12.5 Å². The highest BCUT2D eigenvalue weighted by Crippen LogP contribution is 2.07. The molecule has 2 N–H and O–H groups in total. The summed E-state index contributed by atoms with van der Waals surface area (Å²) in [7, 11) is 3.93.